The monoisotopic (exact) mass is 281 g/mol. The van der Waals surface area contributed by atoms with Crippen LogP contribution < -0.4 is 5.32 Å². The van der Waals surface area contributed by atoms with Gasteiger partial charge in [0, 0.05) is 19.0 Å². The zero-order valence-electron chi connectivity index (χ0n) is 12.8. The standard InChI is InChI=1S/C19H23NO/c1-19(2)14-20-13-17(21-19)18(15-9-5-3-6-10-15)16-11-7-4-8-12-16/h3-12,17-18,20H,13-14H2,1-2H3. The van der Waals surface area contributed by atoms with Gasteiger partial charge in [-0.05, 0) is 25.0 Å². The van der Waals surface area contributed by atoms with E-state index in [9.17, 15) is 0 Å². The molecule has 0 aromatic heterocycles. The molecule has 3 rings (SSSR count). The van der Waals surface area contributed by atoms with Crippen molar-refractivity contribution in [2.75, 3.05) is 13.1 Å². The number of rotatable bonds is 3. The Hall–Kier alpha value is -1.64. The molecule has 1 unspecified atom stereocenters. The number of benzene rings is 2. The summed E-state index contributed by atoms with van der Waals surface area (Å²) in [5.41, 5.74) is 2.51. The summed E-state index contributed by atoms with van der Waals surface area (Å²) in [6, 6.07) is 21.3. The third-order valence-electron chi connectivity index (χ3n) is 4.06. The average molecular weight is 281 g/mol. The van der Waals surface area contributed by atoms with Gasteiger partial charge in [0.2, 0.25) is 0 Å². The van der Waals surface area contributed by atoms with Gasteiger partial charge in [-0.1, -0.05) is 60.7 Å². The van der Waals surface area contributed by atoms with E-state index in [1.165, 1.54) is 11.1 Å². The van der Waals surface area contributed by atoms with Gasteiger partial charge in [-0.2, -0.15) is 0 Å². The van der Waals surface area contributed by atoms with Gasteiger partial charge in [-0.15, -0.1) is 0 Å². The maximum absolute atomic E-state index is 6.38. The van der Waals surface area contributed by atoms with Gasteiger partial charge in [0.25, 0.3) is 0 Å². The molecule has 2 aromatic carbocycles. The minimum Gasteiger partial charge on any atom is -0.369 e. The van der Waals surface area contributed by atoms with E-state index in [1.54, 1.807) is 0 Å². The maximum atomic E-state index is 6.38. The highest BCUT2D eigenvalue weighted by Crippen LogP contribution is 2.33. The average Bonchev–Trinajstić information content (AvgIpc) is 2.49. The molecule has 1 aliphatic heterocycles. The van der Waals surface area contributed by atoms with Crippen molar-refractivity contribution in [3.05, 3.63) is 71.8 Å². The number of nitrogens with one attached hydrogen (secondary N) is 1. The highest BCUT2D eigenvalue weighted by atomic mass is 16.5. The van der Waals surface area contributed by atoms with Gasteiger partial charge in [-0.3, -0.25) is 0 Å². The third-order valence-corrected chi connectivity index (χ3v) is 4.06. The molecular formula is C19H23NO. The lowest BCUT2D eigenvalue weighted by Crippen LogP contribution is -2.52. The van der Waals surface area contributed by atoms with Crippen LogP contribution in [0.15, 0.2) is 60.7 Å². The van der Waals surface area contributed by atoms with Gasteiger partial charge < -0.3 is 10.1 Å². The number of ether oxygens (including phenoxy) is 1. The second-order valence-corrected chi connectivity index (χ2v) is 6.35. The van der Waals surface area contributed by atoms with Crippen molar-refractivity contribution in [3.63, 3.8) is 0 Å². The molecule has 2 nitrogen and oxygen atoms in total. The van der Waals surface area contributed by atoms with Crippen molar-refractivity contribution in [3.8, 4) is 0 Å². The summed E-state index contributed by atoms with van der Waals surface area (Å²) in [5.74, 6) is 0.263. The van der Waals surface area contributed by atoms with Crippen LogP contribution in [0, 0.1) is 0 Å². The first-order valence-electron chi connectivity index (χ1n) is 7.64. The van der Waals surface area contributed by atoms with E-state index in [-0.39, 0.29) is 17.6 Å². The molecule has 2 heteroatoms. The molecule has 1 N–H and O–H groups in total. The second-order valence-electron chi connectivity index (χ2n) is 6.35. The van der Waals surface area contributed by atoms with Crippen molar-refractivity contribution in [1.82, 2.24) is 5.32 Å². The Labute approximate surface area is 127 Å². The van der Waals surface area contributed by atoms with Crippen LogP contribution in [0.1, 0.15) is 30.9 Å². The molecule has 1 heterocycles. The van der Waals surface area contributed by atoms with E-state index in [2.05, 4.69) is 79.8 Å². The molecule has 0 spiro atoms. The summed E-state index contributed by atoms with van der Waals surface area (Å²) in [6.07, 6.45) is 0.151. The Balaban J connectivity index is 1.97. The Morgan fingerprint density at radius 3 is 1.95 bits per heavy atom. The fourth-order valence-electron chi connectivity index (χ4n) is 3.14. The summed E-state index contributed by atoms with van der Waals surface area (Å²) in [5, 5.41) is 3.52. The van der Waals surface area contributed by atoms with Crippen LogP contribution in [0.4, 0.5) is 0 Å². The largest absolute Gasteiger partial charge is 0.369 e. The van der Waals surface area contributed by atoms with E-state index in [0.29, 0.717) is 0 Å². The van der Waals surface area contributed by atoms with E-state index < -0.39 is 0 Å². The van der Waals surface area contributed by atoms with Crippen molar-refractivity contribution in [2.45, 2.75) is 31.5 Å². The molecule has 1 fully saturated rings. The summed E-state index contributed by atoms with van der Waals surface area (Å²) in [4.78, 5) is 0. The minimum absolute atomic E-state index is 0.120. The number of hydrogen-bond acceptors (Lipinski definition) is 2. The van der Waals surface area contributed by atoms with Gasteiger partial charge in [0.05, 0.1) is 11.7 Å². The summed E-state index contributed by atoms with van der Waals surface area (Å²) >= 11 is 0. The van der Waals surface area contributed by atoms with Crippen LogP contribution in [0.2, 0.25) is 0 Å². The molecule has 1 aliphatic rings. The highest BCUT2D eigenvalue weighted by molar-refractivity contribution is 5.34. The number of morpholine rings is 1. The molecule has 0 aliphatic carbocycles. The Kier molecular flexibility index (Phi) is 4.09. The molecular weight excluding hydrogens is 258 g/mol. The van der Waals surface area contributed by atoms with Crippen molar-refractivity contribution in [1.29, 1.82) is 0 Å². The molecule has 1 atom stereocenters. The normalized spacial score (nSPS) is 21.4. The van der Waals surface area contributed by atoms with Crippen molar-refractivity contribution >= 4 is 0 Å². The van der Waals surface area contributed by atoms with E-state index in [4.69, 9.17) is 4.74 Å². The van der Waals surface area contributed by atoms with Crippen LogP contribution >= 0.6 is 0 Å². The topological polar surface area (TPSA) is 21.3 Å². The lowest BCUT2D eigenvalue weighted by atomic mass is 9.85. The Bertz CT molecular complexity index is 525. The zero-order valence-corrected chi connectivity index (χ0v) is 12.8. The van der Waals surface area contributed by atoms with E-state index >= 15 is 0 Å². The van der Waals surface area contributed by atoms with Crippen LogP contribution in [-0.4, -0.2) is 24.8 Å². The maximum Gasteiger partial charge on any atom is 0.0816 e. The summed E-state index contributed by atoms with van der Waals surface area (Å²) in [6.45, 7) is 6.09. The fourth-order valence-corrected chi connectivity index (χ4v) is 3.14. The molecule has 110 valence electrons. The van der Waals surface area contributed by atoms with Gasteiger partial charge in [0.1, 0.15) is 0 Å². The molecule has 1 saturated heterocycles. The molecule has 0 radical (unpaired) electrons. The first-order valence-corrected chi connectivity index (χ1v) is 7.64. The second kappa shape index (κ2) is 6.00. The van der Waals surface area contributed by atoms with Crippen LogP contribution in [0.25, 0.3) is 0 Å². The van der Waals surface area contributed by atoms with E-state index in [1.807, 2.05) is 0 Å². The van der Waals surface area contributed by atoms with Gasteiger partial charge in [-0.25, -0.2) is 0 Å². The van der Waals surface area contributed by atoms with Crippen LogP contribution in [0.3, 0.4) is 0 Å². The molecule has 21 heavy (non-hydrogen) atoms. The molecule has 0 bridgehead atoms. The molecule has 0 amide bonds. The Morgan fingerprint density at radius 1 is 0.952 bits per heavy atom. The first-order chi connectivity index (χ1) is 10.2. The predicted octanol–water partition coefficient (Wildman–Crippen LogP) is 3.59. The lowest BCUT2D eigenvalue weighted by Gasteiger charge is -2.40. The van der Waals surface area contributed by atoms with Gasteiger partial charge >= 0.3 is 0 Å². The molecule has 0 saturated carbocycles. The van der Waals surface area contributed by atoms with Crippen LogP contribution in [-0.2, 0) is 4.74 Å². The zero-order chi connectivity index (χ0) is 14.7. The predicted molar refractivity (Wildman–Crippen MR) is 86.5 cm³/mol. The Morgan fingerprint density at radius 2 is 1.48 bits per heavy atom. The smallest absolute Gasteiger partial charge is 0.0816 e. The SMILES string of the molecule is CC1(C)CNCC(C(c2ccccc2)c2ccccc2)O1. The van der Waals surface area contributed by atoms with E-state index in [0.717, 1.165) is 13.1 Å². The van der Waals surface area contributed by atoms with Gasteiger partial charge in [0.15, 0.2) is 0 Å². The third kappa shape index (κ3) is 3.34. The summed E-state index contributed by atoms with van der Waals surface area (Å²) < 4.78 is 6.38. The molecule has 2 aromatic rings. The van der Waals surface area contributed by atoms with Crippen molar-refractivity contribution < 1.29 is 4.74 Å². The minimum atomic E-state index is -0.120. The van der Waals surface area contributed by atoms with Crippen LogP contribution in [0.5, 0.6) is 0 Å². The first kappa shape index (κ1) is 14.3. The van der Waals surface area contributed by atoms with Crippen molar-refractivity contribution in [2.24, 2.45) is 0 Å². The highest BCUT2D eigenvalue weighted by Gasteiger charge is 2.34. The lowest BCUT2D eigenvalue weighted by molar-refractivity contribution is -0.0992. The summed E-state index contributed by atoms with van der Waals surface area (Å²) in [7, 11) is 0. The number of hydrogen-bond donors (Lipinski definition) is 1. The quantitative estimate of drug-likeness (QED) is 0.928. The fraction of sp³-hybridized carbons (Fsp3) is 0.368.